The molecule has 2 N–H and O–H groups in total. The summed E-state index contributed by atoms with van der Waals surface area (Å²) in [5.74, 6) is 1.61. The smallest absolute Gasteiger partial charge is 0.314 e. The van der Waals surface area contributed by atoms with E-state index in [0.29, 0.717) is 19.7 Å². The van der Waals surface area contributed by atoms with E-state index in [1.807, 2.05) is 69.6 Å². The Kier molecular flexibility index (Phi) is 7.95. The second-order valence-corrected chi connectivity index (χ2v) is 6.56. The number of amides is 2. The number of nitrogens with zero attached hydrogens (tertiary/aromatic N) is 1. The fourth-order valence-electron chi connectivity index (χ4n) is 2.74. The number of aryl methyl sites for hydroxylation is 1. The average molecular weight is 371 g/mol. The van der Waals surface area contributed by atoms with E-state index in [4.69, 9.17) is 9.47 Å². The molecule has 6 nitrogen and oxygen atoms in total. The van der Waals surface area contributed by atoms with Crippen LogP contribution in [0.2, 0.25) is 0 Å². The van der Waals surface area contributed by atoms with E-state index in [1.54, 1.807) is 7.11 Å². The highest BCUT2D eigenvalue weighted by molar-refractivity contribution is 5.73. The number of rotatable bonds is 9. The molecule has 1 unspecified atom stereocenters. The Morgan fingerprint density at radius 2 is 1.81 bits per heavy atom. The molecular weight excluding hydrogens is 342 g/mol. The van der Waals surface area contributed by atoms with Crippen LogP contribution in [0, 0.1) is 6.92 Å². The number of hydrogen-bond donors (Lipinski definition) is 2. The van der Waals surface area contributed by atoms with Crippen molar-refractivity contribution in [3.63, 3.8) is 0 Å². The van der Waals surface area contributed by atoms with Crippen LogP contribution in [-0.4, -0.2) is 51.8 Å². The molecule has 146 valence electrons. The number of hydrogen-bond acceptors (Lipinski definition) is 4. The van der Waals surface area contributed by atoms with Crippen molar-refractivity contribution in [1.29, 1.82) is 0 Å². The lowest BCUT2D eigenvalue weighted by Gasteiger charge is -2.25. The molecule has 2 amide bonds. The molecule has 27 heavy (non-hydrogen) atoms. The summed E-state index contributed by atoms with van der Waals surface area (Å²) in [5, 5.41) is 5.74. The molecule has 6 heteroatoms. The fraction of sp³-hybridized carbons (Fsp3) is 0.381. The summed E-state index contributed by atoms with van der Waals surface area (Å²) >= 11 is 0. The minimum atomic E-state index is -0.211. The molecule has 0 aromatic heterocycles. The van der Waals surface area contributed by atoms with Crippen LogP contribution in [0.15, 0.2) is 48.5 Å². The number of carbonyl (C=O) groups is 1. The van der Waals surface area contributed by atoms with E-state index in [1.165, 1.54) is 0 Å². The first kappa shape index (κ1) is 20.6. The Hall–Kier alpha value is -2.73. The molecule has 0 heterocycles. The van der Waals surface area contributed by atoms with Gasteiger partial charge in [-0.25, -0.2) is 4.79 Å². The number of benzene rings is 2. The van der Waals surface area contributed by atoms with Crippen molar-refractivity contribution in [2.24, 2.45) is 0 Å². The Morgan fingerprint density at radius 1 is 1.07 bits per heavy atom. The molecule has 2 aromatic carbocycles. The monoisotopic (exact) mass is 371 g/mol. The lowest BCUT2D eigenvalue weighted by Crippen LogP contribution is -2.41. The van der Waals surface area contributed by atoms with E-state index >= 15 is 0 Å². The van der Waals surface area contributed by atoms with Crippen LogP contribution in [0.1, 0.15) is 17.2 Å². The van der Waals surface area contributed by atoms with Gasteiger partial charge in [0.2, 0.25) is 0 Å². The van der Waals surface area contributed by atoms with Crippen molar-refractivity contribution in [3.05, 3.63) is 59.7 Å². The predicted molar refractivity (Wildman–Crippen MR) is 107 cm³/mol. The maximum Gasteiger partial charge on any atom is 0.314 e. The number of methoxy groups -OCH3 is 1. The zero-order valence-electron chi connectivity index (χ0n) is 16.5. The molecule has 1 atom stereocenters. The summed E-state index contributed by atoms with van der Waals surface area (Å²) in [4.78, 5) is 14.1. The largest absolute Gasteiger partial charge is 0.497 e. The Balaban J connectivity index is 1.76. The van der Waals surface area contributed by atoms with E-state index < -0.39 is 0 Å². The van der Waals surface area contributed by atoms with E-state index in [2.05, 4.69) is 15.5 Å². The number of carbonyl (C=O) groups excluding carboxylic acids is 1. The van der Waals surface area contributed by atoms with E-state index in [-0.39, 0.29) is 12.1 Å². The molecule has 0 fully saturated rings. The van der Waals surface area contributed by atoms with Gasteiger partial charge in [0.05, 0.1) is 19.7 Å². The second-order valence-electron chi connectivity index (χ2n) is 6.56. The predicted octanol–water partition coefficient (Wildman–Crippen LogP) is 2.98. The van der Waals surface area contributed by atoms with Crippen molar-refractivity contribution in [3.8, 4) is 11.5 Å². The average Bonchev–Trinajstić information content (AvgIpc) is 2.65. The Labute approximate surface area is 161 Å². The highest BCUT2D eigenvalue weighted by Crippen LogP contribution is 2.22. The third kappa shape index (κ3) is 6.83. The number of nitrogens with one attached hydrogen (secondary N) is 2. The minimum Gasteiger partial charge on any atom is -0.497 e. The van der Waals surface area contributed by atoms with Gasteiger partial charge in [0, 0.05) is 6.54 Å². The molecule has 0 aliphatic rings. The molecule has 0 aliphatic heterocycles. The maximum absolute atomic E-state index is 12.1. The molecule has 2 aromatic rings. The topological polar surface area (TPSA) is 62.8 Å². The lowest BCUT2D eigenvalue weighted by atomic mass is 10.1. The first-order valence-corrected chi connectivity index (χ1v) is 9.01. The number of likely N-dealkylation sites (N-methyl/N-ethyl adjacent to an activating group) is 1. The zero-order chi connectivity index (χ0) is 19.6. The van der Waals surface area contributed by atoms with Gasteiger partial charge in [0.15, 0.2) is 0 Å². The van der Waals surface area contributed by atoms with Gasteiger partial charge in [-0.3, -0.25) is 0 Å². The van der Waals surface area contributed by atoms with E-state index in [0.717, 1.165) is 22.6 Å². The summed E-state index contributed by atoms with van der Waals surface area (Å²) in [6, 6.07) is 15.6. The van der Waals surface area contributed by atoms with Crippen LogP contribution in [0.25, 0.3) is 0 Å². The minimum absolute atomic E-state index is 0.0504. The maximum atomic E-state index is 12.1. The van der Waals surface area contributed by atoms with Crippen LogP contribution >= 0.6 is 0 Å². The van der Waals surface area contributed by atoms with Crippen LogP contribution in [0.5, 0.6) is 11.5 Å². The standard InChI is InChI=1S/C21H29N3O3/c1-16-7-5-10-19(13-16)27-12-11-22-21(25)23-15-20(24(2)3)17-8-6-9-18(14-17)26-4/h5-10,13-14,20H,11-12,15H2,1-4H3,(H2,22,23,25). The first-order valence-electron chi connectivity index (χ1n) is 9.01. The summed E-state index contributed by atoms with van der Waals surface area (Å²) in [7, 11) is 5.62. The van der Waals surface area contributed by atoms with Gasteiger partial charge in [-0.05, 0) is 56.4 Å². The van der Waals surface area contributed by atoms with Crippen molar-refractivity contribution in [2.45, 2.75) is 13.0 Å². The van der Waals surface area contributed by atoms with Crippen LogP contribution in [0.3, 0.4) is 0 Å². The summed E-state index contributed by atoms with van der Waals surface area (Å²) in [6.45, 7) is 3.36. The number of urea groups is 1. The zero-order valence-corrected chi connectivity index (χ0v) is 16.5. The third-order valence-electron chi connectivity index (χ3n) is 4.20. The summed E-state index contributed by atoms with van der Waals surface area (Å²) in [5.41, 5.74) is 2.23. The van der Waals surface area contributed by atoms with Crippen molar-refractivity contribution >= 4 is 6.03 Å². The normalized spacial score (nSPS) is 11.7. The van der Waals surface area contributed by atoms with Gasteiger partial charge >= 0.3 is 6.03 Å². The molecule has 0 spiro atoms. The Bertz CT molecular complexity index is 734. The van der Waals surface area contributed by atoms with Gasteiger partial charge < -0.3 is 25.0 Å². The molecule has 2 rings (SSSR count). The molecule has 0 saturated carbocycles. The van der Waals surface area contributed by atoms with E-state index in [9.17, 15) is 4.79 Å². The van der Waals surface area contributed by atoms with Gasteiger partial charge in [-0.15, -0.1) is 0 Å². The van der Waals surface area contributed by atoms with Crippen molar-refractivity contribution < 1.29 is 14.3 Å². The van der Waals surface area contributed by atoms with Gasteiger partial charge in [0.1, 0.15) is 18.1 Å². The summed E-state index contributed by atoms with van der Waals surface area (Å²) < 4.78 is 10.9. The van der Waals surface area contributed by atoms with Gasteiger partial charge in [-0.1, -0.05) is 24.3 Å². The van der Waals surface area contributed by atoms with Gasteiger partial charge in [0.25, 0.3) is 0 Å². The number of ether oxygens (including phenoxy) is 2. The van der Waals surface area contributed by atoms with Crippen molar-refractivity contribution in [1.82, 2.24) is 15.5 Å². The van der Waals surface area contributed by atoms with Gasteiger partial charge in [-0.2, -0.15) is 0 Å². The molecule has 0 aliphatic carbocycles. The third-order valence-corrected chi connectivity index (χ3v) is 4.20. The second kappa shape index (κ2) is 10.4. The van der Waals surface area contributed by atoms with Crippen LogP contribution < -0.4 is 20.1 Å². The highest BCUT2D eigenvalue weighted by Gasteiger charge is 2.15. The molecule has 0 saturated heterocycles. The van der Waals surface area contributed by atoms with Crippen LogP contribution in [0.4, 0.5) is 4.79 Å². The fourth-order valence-corrected chi connectivity index (χ4v) is 2.74. The molecular formula is C21H29N3O3. The lowest BCUT2D eigenvalue weighted by molar-refractivity contribution is 0.229. The quantitative estimate of drug-likeness (QED) is 0.665. The first-order chi connectivity index (χ1) is 13.0. The molecule has 0 radical (unpaired) electrons. The Morgan fingerprint density at radius 3 is 2.52 bits per heavy atom. The SMILES string of the molecule is COc1cccc(C(CNC(=O)NCCOc2cccc(C)c2)N(C)C)c1. The van der Waals surface area contributed by atoms with Crippen molar-refractivity contribution in [2.75, 3.05) is 40.9 Å². The summed E-state index contributed by atoms with van der Waals surface area (Å²) in [6.07, 6.45) is 0. The highest BCUT2D eigenvalue weighted by atomic mass is 16.5. The molecule has 0 bridgehead atoms. The van der Waals surface area contributed by atoms with Crippen LogP contribution in [-0.2, 0) is 0 Å².